The van der Waals surface area contributed by atoms with E-state index in [1.807, 2.05) is 12.1 Å². The van der Waals surface area contributed by atoms with Crippen molar-refractivity contribution in [3.63, 3.8) is 0 Å². The van der Waals surface area contributed by atoms with E-state index in [2.05, 4.69) is 65.0 Å². The second-order valence-corrected chi connectivity index (χ2v) is 7.38. The molecule has 0 aliphatic carbocycles. The molecule has 0 aliphatic rings. The van der Waals surface area contributed by atoms with Gasteiger partial charge >= 0.3 is 0 Å². The number of phenols is 1. The van der Waals surface area contributed by atoms with Crippen molar-refractivity contribution in [2.75, 3.05) is 6.61 Å². The molecule has 0 atom stereocenters. The van der Waals surface area contributed by atoms with Crippen LogP contribution in [-0.2, 0) is 4.79 Å². The Morgan fingerprint density at radius 2 is 2.00 bits per heavy atom. The Labute approximate surface area is 163 Å². The van der Waals surface area contributed by atoms with Crippen LogP contribution < -0.4 is 10.2 Å². The van der Waals surface area contributed by atoms with E-state index in [0.717, 1.165) is 8.04 Å². The predicted octanol–water partition coefficient (Wildman–Crippen LogP) is 4.05. The lowest BCUT2D eigenvalue weighted by atomic mass is 10.2. The minimum Gasteiger partial charge on any atom is -0.506 e. The molecular formula is C15H11Br2IN2O3. The first-order valence-electron chi connectivity index (χ1n) is 6.34. The van der Waals surface area contributed by atoms with E-state index in [1.54, 1.807) is 24.3 Å². The lowest BCUT2D eigenvalue weighted by molar-refractivity contribution is -0.123. The summed E-state index contributed by atoms with van der Waals surface area (Å²) in [5.74, 6) is 0.257. The number of hydrogen-bond donors (Lipinski definition) is 2. The van der Waals surface area contributed by atoms with E-state index < -0.39 is 5.91 Å². The fourth-order valence-corrected chi connectivity index (χ4v) is 3.19. The van der Waals surface area contributed by atoms with Crippen molar-refractivity contribution in [1.29, 1.82) is 0 Å². The van der Waals surface area contributed by atoms with Gasteiger partial charge in [0.25, 0.3) is 5.91 Å². The normalized spacial score (nSPS) is 10.7. The molecule has 120 valence electrons. The number of hydrogen-bond acceptors (Lipinski definition) is 4. The Kier molecular flexibility index (Phi) is 6.85. The summed E-state index contributed by atoms with van der Waals surface area (Å²) < 4.78 is 7.73. The minimum absolute atomic E-state index is 0.0429. The fourth-order valence-electron chi connectivity index (χ4n) is 1.57. The molecule has 0 aliphatic heterocycles. The number of ether oxygens (including phenoxy) is 1. The van der Waals surface area contributed by atoms with Crippen molar-refractivity contribution < 1.29 is 14.6 Å². The highest BCUT2D eigenvalue weighted by Gasteiger charge is 2.06. The topological polar surface area (TPSA) is 70.9 Å². The van der Waals surface area contributed by atoms with E-state index in [-0.39, 0.29) is 12.4 Å². The molecule has 8 heteroatoms. The molecule has 0 radical (unpaired) electrons. The summed E-state index contributed by atoms with van der Waals surface area (Å²) in [6, 6.07) is 10.7. The van der Waals surface area contributed by atoms with E-state index in [0.29, 0.717) is 15.8 Å². The van der Waals surface area contributed by atoms with Gasteiger partial charge in [-0.1, -0.05) is 15.9 Å². The van der Waals surface area contributed by atoms with Crippen LogP contribution in [0.3, 0.4) is 0 Å². The first-order chi connectivity index (χ1) is 11.0. The Hall–Kier alpha value is -1.13. The van der Waals surface area contributed by atoms with Gasteiger partial charge in [-0.15, -0.1) is 0 Å². The molecule has 0 saturated carbocycles. The maximum absolute atomic E-state index is 11.7. The minimum atomic E-state index is -0.395. The van der Waals surface area contributed by atoms with Gasteiger partial charge < -0.3 is 9.84 Å². The van der Waals surface area contributed by atoms with Gasteiger partial charge in [0.05, 0.1) is 10.7 Å². The number of amides is 1. The first-order valence-corrected chi connectivity index (χ1v) is 9.00. The molecule has 5 nitrogen and oxygen atoms in total. The van der Waals surface area contributed by atoms with E-state index in [4.69, 9.17) is 4.74 Å². The monoisotopic (exact) mass is 552 g/mol. The summed E-state index contributed by atoms with van der Waals surface area (Å²) in [5, 5.41) is 13.7. The third-order valence-electron chi connectivity index (χ3n) is 2.63. The number of carbonyl (C=O) groups is 1. The molecule has 23 heavy (non-hydrogen) atoms. The summed E-state index contributed by atoms with van der Waals surface area (Å²) >= 11 is 8.73. The summed E-state index contributed by atoms with van der Waals surface area (Å²) in [4.78, 5) is 11.7. The smallest absolute Gasteiger partial charge is 0.277 e. The van der Waals surface area contributed by atoms with E-state index >= 15 is 0 Å². The van der Waals surface area contributed by atoms with Crippen LogP contribution in [0, 0.1) is 3.57 Å². The largest absolute Gasteiger partial charge is 0.506 e. The fraction of sp³-hybridized carbons (Fsp3) is 0.0667. The summed E-state index contributed by atoms with van der Waals surface area (Å²) in [5.41, 5.74) is 2.80. The zero-order valence-corrected chi connectivity index (χ0v) is 16.9. The number of hydrazone groups is 1. The predicted molar refractivity (Wildman–Crippen MR) is 104 cm³/mol. The first kappa shape index (κ1) is 18.2. The molecule has 0 unspecified atom stereocenters. The van der Waals surface area contributed by atoms with Gasteiger partial charge in [-0.05, 0) is 74.9 Å². The van der Waals surface area contributed by atoms with Gasteiger partial charge in [0.2, 0.25) is 0 Å². The van der Waals surface area contributed by atoms with Gasteiger partial charge in [-0.2, -0.15) is 5.10 Å². The molecule has 0 heterocycles. The molecule has 2 aromatic rings. The van der Waals surface area contributed by atoms with Gasteiger partial charge in [0.1, 0.15) is 11.5 Å². The molecular weight excluding hydrogens is 543 g/mol. The zero-order valence-electron chi connectivity index (χ0n) is 11.6. The number of carbonyl (C=O) groups excluding carboxylic acids is 1. The number of nitrogens with zero attached hydrogens (tertiary/aromatic N) is 1. The van der Waals surface area contributed by atoms with Crippen LogP contribution in [0.2, 0.25) is 0 Å². The number of phenolic OH excluding ortho intramolecular Hbond substituents is 1. The molecule has 1 amide bonds. The van der Waals surface area contributed by atoms with Gasteiger partial charge in [0.15, 0.2) is 6.61 Å². The Morgan fingerprint density at radius 1 is 1.30 bits per heavy atom. The third kappa shape index (κ3) is 5.78. The SMILES string of the molecule is O=C(COc1ccc(I)cc1)NN=Cc1cc(Br)cc(Br)c1O. The Balaban J connectivity index is 1.88. The van der Waals surface area contributed by atoms with Crippen LogP contribution in [0.1, 0.15) is 5.56 Å². The van der Waals surface area contributed by atoms with Gasteiger partial charge in [0, 0.05) is 13.6 Å². The van der Waals surface area contributed by atoms with Crippen LogP contribution in [0.5, 0.6) is 11.5 Å². The van der Waals surface area contributed by atoms with Crippen molar-refractivity contribution in [3.05, 3.63) is 54.5 Å². The maximum atomic E-state index is 11.7. The van der Waals surface area contributed by atoms with Crippen molar-refractivity contribution in [2.45, 2.75) is 0 Å². The van der Waals surface area contributed by atoms with Crippen LogP contribution in [0.4, 0.5) is 0 Å². The molecule has 2 N–H and O–H groups in total. The third-order valence-corrected chi connectivity index (χ3v) is 4.42. The van der Waals surface area contributed by atoms with Crippen LogP contribution >= 0.6 is 54.5 Å². The Morgan fingerprint density at radius 3 is 2.70 bits per heavy atom. The van der Waals surface area contributed by atoms with Crippen molar-refractivity contribution in [1.82, 2.24) is 5.43 Å². The molecule has 2 rings (SSSR count). The number of halogens is 3. The highest BCUT2D eigenvalue weighted by molar-refractivity contribution is 14.1. The standard InChI is InChI=1S/C15H11Br2IN2O3/c16-10-5-9(15(22)13(17)6-10)7-19-20-14(21)8-23-12-3-1-11(18)2-4-12/h1-7,22H,8H2,(H,20,21). The van der Waals surface area contributed by atoms with E-state index in [1.165, 1.54) is 6.21 Å². The quantitative estimate of drug-likeness (QED) is 0.333. The molecule has 0 bridgehead atoms. The van der Waals surface area contributed by atoms with E-state index in [9.17, 15) is 9.90 Å². The molecule has 0 aromatic heterocycles. The van der Waals surface area contributed by atoms with Crippen molar-refractivity contribution in [2.24, 2.45) is 5.10 Å². The highest BCUT2D eigenvalue weighted by atomic mass is 127. The average molecular weight is 554 g/mol. The lowest BCUT2D eigenvalue weighted by Gasteiger charge is -2.05. The zero-order chi connectivity index (χ0) is 16.8. The second kappa shape index (κ2) is 8.65. The number of nitrogens with one attached hydrogen (secondary N) is 1. The summed E-state index contributed by atoms with van der Waals surface area (Å²) in [6.45, 7) is -0.147. The number of aromatic hydroxyl groups is 1. The van der Waals surface area contributed by atoms with Crippen LogP contribution in [-0.4, -0.2) is 23.8 Å². The Bertz CT molecular complexity index is 736. The summed E-state index contributed by atoms with van der Waals surface area (Å²) in [6.07, 6.45) is 1.35. The molecule has 0 saturated heterocycles. The van der Waals surface area contributed by atoms with Gasteiger partial charge in [-0.3, -0.25) is 4.79 Å². The second-order valence-electron chi connectivity index (χ2n) is 4.36. The van der Waals surface area contributed by atoms with Crippen LogP contribution in [0.25, 0.3) is 0 Å². The summed E-state index contributed by atoms with van der Waals surface area (Å²) in [7, 11) is 0. The number of rotatable bonds is 5. The maximum Gasteiger partial charge on any atom is 0.277 e. The average Bonchev–Trinajstić information content (AvgIpc) is 2.51. The van der Waals surface area contributed by atoms with Crippen LogP contribution in [0.15, 0.2) is 50.4 Å². The lowest BCUT2D eigenvalue weighted by Crippen LogP contribution is -2.24. The molecule has 2 aromatic carbocycles. The van der Waals surface area contributed by atoms with Crippen molar-refractivity contribution in [3.8, 4) is 11.5 Å². The number of benzene rings is 2. The van der Waals surface area contributed by atoms with Gasteiger partial charge in [-0.25, -0.2) is 5.43 Å². The molecule has 0 fully saturated rings. The van der Waals surface area contributed by atoms with Crippen molar-refractivity contribution >= 4 is 66.6 Å². The highest BCUT2D eigenvalue weighted by Crippen LogP contribution is 2.30. The molecule has 0 spiro atoms.